The number of hydrogen-bond acceptors (Lipinski definition) is 3. The van der Waals surface area contributed by atoms with Crippen molar-refractivity contribution in [3.8, 4) is 0 Å². The van der Waals surface area contributed by atoms with Crippen LogP contribution in [0, 0.1) is 0 Å². The SMILES string of the molecule is CCCCCCCCCCCCCCCCCCC(O)C(CO)NC(=O)CCCCCCCCCCCCCCCC. The predicted molar refractivity (Wildman–Crippen MR) is 184 cm³/mol. The summed E-state index contributed by atoms with van der Waals surface area (Å²) in [7, 11) is 0. The molecule has 2 atom stereocenters. The number of unbranched alkanes of at least 4 members (excludes halogenated alkanes) is 28. The molecule has 1 amide bonds. The van der Waals surface area contributed by atoms with E-state index in [1.54, 1.807) is 0 Å². The summed E-state index contributed by atoms with van der Waals surface area (Å²) in [6, 6.07) is -0.527. The monoisotopic (exact) mass is 596 g/mol. The molecule has 0 fully saturated rings. The van der Waals surface area contributed by atoms with Crippen molar-refractivity contribution in [2.24, 2.45) is 0 Å². The first-order valence-corrected chi connectivity index (χ1v) is 19.2. The summed E-state index contributed by atoms with van der Waals surface area (Å²) in [5.41, 5.74) is 0. The average molecular weight is 596 g/mol. The molecule has 2 unspecified atom stereocenters. The third-order valence-electron chi connectivity index (χ3n) is 9.12. The minimum Gasteiger partial charge on any atom is -0.394 e. The van der Waals surface area contributed by atoms with Gasteiger partial charge >= 0.3 is 0 Å². The first-order chi connectivity index (χ1) is 20.7. The zero-order valence-corrected chi connectivity index (χ0v) is 28.8. The second-order valence-electron chi connectivity index (χ2n) is 13.4. The van der Waals surface area contributed by atoms with E-state index in [9.17, 15) is 15.0 Å². The lowest BCUT2D eigenvalue weighted by molar-refractivity contribution is -0.123. The molecule has 0 aromatic carbocycles. The smallest absolute Gasteiger partial charge is 0.220 e. The van der Waals surface area contributed by atoms with Gasteiger partial charge < -0.3 is 15.5 Å². The van der Waals surface area contributed by atoms with Crippen LogP contribution in [-0.4, -0.2) is 34.9 Å². The molecule has 0 spiro atoms. The maximum absolute atomic E-state index is 12.3. The Kier molecular flexibility index (Phi) is 34.4. The summed E-state index contributed by atoms with van der Waals surface area (Å²) in [5, 5.41) is 23.1. The van der Waals surface area contributed by atoms with E-state index in [1.165, 1.54) is 167 Å². The van der Waals surface area contributed by atoms with Crippen LogP contribution in [0.3, 0.4) is 0 Å². The van der Waals surface area contributed by atoms with Crippen molar-refractivity contribution in [1.82, 2.24) is 5.32 Å². The van der Waals surface area contributed by atoms with Crippen LogP contribution >= 0.6 is 0 Å². The van der Waals surface area contributed by atoms with E-state index in [1.807, 2.05) is 0 Å². The highest BCUT2D eigenvalue weighted by atomic mass is 16.3. The minimum atomic E-state index is -0.651. The summed E-state index contributed by atoms with van der Waals surface area (Å²) in [5.74, 6) is -0.0287. The molecule has 0 bridgehead atoms. The Labute approximate surface area is 264 Å². The fraction of sp³-hybridized carbons (Fsp3) is 0.974. The number of hydrogen-bond donors (Lipinski definition) is 3. The Hall–Kier alpha value is -0.610. The second-order valence-corrected chi connectivity index (χ2v) is 13.4. The van der Waals surface area contributed by atoms with Crippen LogP contribution in [0.15, 0.2) is 0 Å². The van der Waals surface area contributed by atoms with Crippen molar-refractivity contribution in [2.75, 3.05) is 6.61 Å². The quantitative estimate of drug-likeness (QED) is 0.0638. The molecular weight excluding hydrogens is 518 g/mol. The van der Waals surface area contributed by atoms with Gasteiger partial charge in [-0.05, 0) is 12.8 Å². The lowest BCUT2D eigenvalue weighted by Gasteiger charge is -2.22. The van der Waals surface area contributed by atoms with Crippen LogP contribution in [0.25, 0.3) is 0 Å². The van der Waals surface area contributed by atoms with Gasteiger partial charge in [-0.3, -0.25) is 4.79 Å². The molecule has 4 heteroatoms. The van der Waals surface area contributed by atoms with Crippen LogP contribution in [0.4, 0.5) is 0 Å². The number of rotatable bonds is 35. The van der Waals surface area contributed by atoms with Gasteiger partial charge in [-0.1, -0.05) is 200 Å². The Morgan fingerprint density at radius 1 is 0.476 bits per heavy atom. The van der Waals surface area contributed by atoms with E-state index in [2.05, 4.69) is 19.2 Å². The molecule has 252 valence electrons. The number of amides is 1. The van der Waals surface area contributed by atoms with Gasteiger partial charge in [-0.15, -0.1) is 0 Å². The summed E-state index contributed by atoms with van der Waals surface area (Å²) in [6.45, 7) is 4.36. The largest absolute Gasteiger partial charge is 0.394 e. The van der Waals surface area contributed by atoms with Gasteiger partial charge in [0.15, 0.2) is 0 Å². The lowest BCUT2D eigenvalue weighted by atomic mass is 10.0. The fourth-order valence-corrected chi connectivity index (χ4v) is 6.13. The van der Waals surface area contributed by atoms with Crippen molar-refractivity contribution >= 4 is 5.91 Å². The van der Waals surface area contributed by atoms with Crippen LogP contribution < -0.4 is 5.32 Å². The molecule has 42 heavy (non-hydrogen) atoms. The molecule has 0 rings (SSSR count). The van der Waals surface area contributed by atoms with Crippen molar-refractivity contribution in [3.63, 3.8) is 0 Å². The van der Waals surface area contributed by atoms with Gasteiger partial charge in [0.1, 0.15) is 0 Å². The van der Waals surface area contributed by atoms with E-state index >= 15 is 0 Å². The molecule has 0 radical (unpaired) electrons. The maximum atomic E-state index is 12.3. The fourth-order valence-electron chi connectivity index (χ4n) is 6.13. The normalized spacial score (nSPS) is 13.0. The van der Waals surface area contributed by atoms with E-state index < -0.39 is 12.1 Å². The number of nitrogens with one attached hydrogen (secondary N) is 1. The third-order valence-corrected chi connectivity index (χ3v) is 9.12. The number of carbonyl (C=O) groups is 1. The molecule has 0 saturated heterocycles. The van der Waals surface area contributed by atoms with E-state index in [-0.39, 0.29) is 12.5 Å². The van der Waals surface area contributed by atoms with Crippen molar-refractivity contribution in [3.05, 3.63) is 0 Å². The van der Waals surface area contributed by atoms with Crippen molar-refractivity contribution < 1.29 is 15.0 Å². The topological polar surface area (TPSA) is 69.6 Å². The first-order valence-electron chi connectivity index (χ1n) is 19.2. The summed E-state index contributed by atoms with van der Waals surface area (Å²) >= 11 is 0. The van der Waals surface area contributed by atoms with E-state index in [0.717, 1.165) is 25.7 Å². The van der Waals surface area contributed by atoms with E-state index in [0.29, 0.717) is 12.8 Å². The van der Waals surface area contributed by atoms with Crippen LogP contribution in [0.2, 0.25) is 0 Å². The molecule has 0 aromatic heterocycles. The van der Waals surface area contributed by atoms with Crippen LogP contribution in [0.5, 0.6) is 0 Å². The highest BCUT2D eigenvalue weighted by Crippen LogP contribution is 2.16. The average Bonchev–Trinajstić information content (AvgIpc) is 2.99. The van der Waals surface area contributed by atoms with Crippen molar-refractivity contribution in [1.29, 1.82) is 0 Å². The summed E-state index contributed by atoms with van der Waals surface area (Å²) in [6.07, 6.45) is 40.1. The Balaban J connectivity index is 3.51. The molecule has 0 aliphatic carbocycles. The highest BCUT2D eigenvalue weighted by Gasteiger charge is 2.19. The molecule has 0 aromatic rings. The van der Waals surface area contributed by atoms with Crippen molar-refractivity contribution in [2.45, 2.75) is 231 Å². The maximum Gasteiger partial charge on any atom is 0.220 e. The Morgan fingerprint density at radius 3 is 1.07 bits per heavy atom. The molecule has 4 nitrogen and oxygen atoms in total. The zero-order chi connectivity index (χ0) is 30.8. The molecule has 0 heterocycles. The van der Waals surface area contributed by atoms with Gasteiger partial charge in [-0.25, -0.2) is 0 Å². The molecule has 0 aliphatic heterocycles. The zero-order valence-electron chi connectivity index (χ0n) is 28.8. The van der Waals surface area contributed by atoms with Gasteiger partial charge in [0.2, 0.25) is 5.91 Å². The number of aliphatic hydroxyl groups excluding tert-OH is 2. The third kappa shape index (κ3) is 30.8. The Morgan fingerprint density at radius 2 is 0.762 bits per heavy atom. The molecule has 3 N–H and O–H groups in total. The second kappa shape index (κ2) is 34.9. The van der Waals surface area contributed by atoms with Crippen LogP contribution in [0.1, 0.15) is 219 Å². The van der Waals surface area contributed by atoms with Gasteiger partial charge in [0.25, 0.3) is 0 Å². The number of aliphatic hydroxyl groups is 2. The highest BCUT2D eigenvalue weighted by molar-refractivity contribution is 5.76. The van der Waals surface area contributed by atoms with E-state index in [4.69, 9.17) is 0 Å². The summed E-state index contributed by atoms with van der Waals surface area (Å²) in [4.78, 5) is 12.3. The standard InChI is InChI=1S/C38H77NO3/c1-3-5-7-9-11-13-15-17-19-20-21-23-25-27-29-31-33-37(41)36(35-40)39-38(42)34-32-30-28-26-24-22-18-16-14-12-10-8-6-4-2/h36-37,40-41H,3-35H2,1-2H3,(H,39,42). The Bertz CT molecular complexity index is 526. The molecule has 0 saturated carbocycles. The van der Waals surface area contributed by atoms with Crippen LogP contribution in [-0.2, 0) is 4.79 Å². The minimum absolute atomic E-state index is 0.0287. The predicted octanol–water partition coefficient (Wildman–Crippen LogP) is 11.3. The lowest BCUT2D eigenvalue weighted by Crippen LogP contribution is -2.45. The van der Waals surface area contributed by atoms with Gasteiger partial charge in [0, 0.05) is 6.42 Å². The molecular formula is C38H77NO3. The number of carbonyl (C=O) groups excluding carboxylic acids is 1. The summed E-state index contributed by atoms with van der Waals surface area (Å²) < 4.78 is 0. The van der Waals surface area contributed by atoms with Gasteiger partial charge in [0.05, 0.1) is 18.8 Å². The van der Waals surface area contributed by atoms with Gasteiger partial charge in [-0.2, -0.15) is 0 Å². The molecule has 0 aliphatic rings. The first kappa shape index (κ1) is 41.4.